The van der Waals surface area contributed by atoms with E-state index in [-0.39, 0.29) is 5.82 Å². The van der Waals surface area contributed by atoms with E-state index in [1.807, 2.05) is 48.2 Å². The second kappa shape index (κ2) is 10.4. The first-order valence-corrected chi connectivity index (χ1v) is 11.1. The minimum Gasteiger partial charge on any atom is -0.475 e. The van der Waals surface area contributed by atoms with Gasteiger partial charge in [-0.2, -0.15) is 27.9 Å². The van der Waals surface area contributed by atoms with Crippen molar-refractivity contribution in [2.24, 2.45) is 7.05 Å². The molecule has 5 rings (SSSR count). The molecule has 0 saturated carbocycles. The first-order chi connectivity index (χ1) is 17.1. The van der Waals surface area contributed by atoms with E-state index in [1.54, 1.807) is 4.68 Å². The second-order valence-electron chi connectivity index (χ2n) is 8.43. The molecular weight excluding hydrogens is 482 g/mol. The molecule has 13 heteroatoms. The molecule has 0 amide bonds. The smallest absolute Gasteiger partial charge is 0.475 e. The summed E-state index contributed by atoms with van der Waals surface area (Å²) in [4.78, 5) is 11.3. The van der Waals surface area contributed by atoms with Crippen LogP contribution in [0.25, 0.3) is 16.9 Å². The van der Waals surface area contributed by atoms with Crippen molar-refractivity contribution in [1.29, 1.82) is 0 Å². The van der Waals surface area contributed by atoms with Gasteiger partial charge in [-0.05, 0) is 55.8 Å². The normalized spacial score (nSPS) is 15.0. The highest BCUT2D eigenvalue weighted by Crippen LogP contribution is 2.28. The number of aromatic nitrogens is 6. The van der Waals surface area contributed by atoms with Gasteiger partial charge in [0.2, 0.25) is 0 Å². The highest BCUT2D eigenvalue weighted by Gasteiger charge is 2.38. The number of carboxylic acids is 1. The number of nitrogens with zero attached hydrogens (tertiary/aromatic N) is 7. The summed E-state index contributed by atoms with van der Waals surface area (Å²) in [6, 6.07) is 10.7. The largest absolute Gasteiger partial charge is 0.490 e. The molecule has 1 aromatic carbocycles. The number of alkyl halides is 3. The molecule has 4 aromatic rings. The van der Waals surface area contributed by atoms with Crippen LogP contribution in [0.5, 0.6) is 0 Å². The average Bonchev–Trinajstić information content (AvgIpc) is 3.47. The fourth-order valence-corrected chi connectivity index (χ4v) is 3.96. The van der Waals surface area contributed by atoms with Crippen molar-refractivity contribution in [1.82, 2.24) is 34.5 Å². The standard InChI is InChI=1S/C21H22FN7.C2HF3O2/c1-27-14-17(12-23-27)19-6-7-20-24-25-21(29(20)26-19)16-8-10-28(11-9-16)13-15-2-4-18(22)5-3-15;3-2(4,5)1(6)7/h2-7,12,14,16H,8-11,13H2,1H3;(H,6,7). The van der Waals surface area contributed by atoms with Crippen molar-refractivity contribution >= 4 is 11.6 Å². The lowest BCUT2D eigenvalue weighted by molar-refractivity contribution is -0.192. The third-order valence-electron chi connectivity index (χ3n) is 5.80. The lowest BCUT2D eigenvalue weighted by Gasteiger charge is -2.31. The Kier molecular flexibility index (Phi) is 7.29. The number of hydrogen-bond donors (Lipinski definition) is 1. The molecule has 1 fully saturated rings. The molecule has 0 spiro atoms. The molecule has 1 aliphatic heterocycles. The van der Waals surface area contributed by atoms with Gasteiger partial charge >= 0.3 is 12.1 Å². The number of carbonyl (C=O) groups is 1. The van der Waals surface area contributed by atoms with Crippen LogP contribution in [-0.2, 0) is 18.4 Å². The van der Waals surface area contributed by atoms with E-state index in [4.69, 9.17) is 15.0 Å². The second-order valence-corrected chi connectivity index (χ2v) is 8.43. The van der Waals surface area contributed by atoms with Gasteiger partial charge in [-0.1, -0.05) is 12.1 Å². The molecule has 0 unspecified atom stereocenters. The van der Waals surface area contributed by atoms with Crippen LogP contribution in [-0.4, -0.2) is 64.8 Å². The van der Waals surface area contributed by atoms with E-state index in [0.29, 0.717) is 5.92 Å². The Balaban J connectivity index is 0.000000384. The number of benzene rings is 1. The van der Waals surface area contributed by atoms with E-state index < -0.39 is 12.1 Å². The predicted molar refractivity (Wildman–Crippen MR) is 120 cm³/mol. The first-order valence-electron chi connectivity index (χ1n) is 11.1. The van der Waals surface area contributed by atoms with Crippen molar-refractivity contribution in [3.63, 3.8) is 0 Å². The topological polar surface area (TPSA) is 101 Å². The molecule has 36 heavy (non-hydrogen) atoms. The van der Waals surface area contributed by atoms with Gasteiger partial charge in [0.15, 0.2) is 11.5 Å². The lowest BCUT2D eigenvalue weighted by Crippen LogP contribution is -2.33. The van der Waals surface area contributed by atoms with Crippen LogP contribution in [0.15, 0.2) is 48.8 Å². The molecule has 0 bridgehead atoms. The number of piperidine rings is 1. The fraction of sp³-hybridized carbons (Fsp3) is 0.348. The zero-order valence-electron chi connectivity index (χ0n) is 19.2. The third kappa shape index (κ3) is 6.03. The number of hydrogen-bond acceptors (Lipinski definition) is 6. The van der Waals surface area contributed by atoms with E-state index in [1.165, 1.54) is 12.1 Å². The van der Waals surface area contributed by atoms with Crippen molar-refractivity contribution < 1.29 is 27.5 Å². The molecule has 1 aliphatic rings. The van der Waals surface area contributed by atoms with Crippen LogP contribution in [0.3, 0.4) is 0 Å². The Morgan fingerprint density at radius 1 is 1.08 bits per heavy atom. The molecule has 3 aromatic heterocycles. The summed E-state index contributed by atoms with van der Waals surface area (Å²) in [5.74, 6) is -1.70. The summed E-state index contributed by atoms with van der Waals surface area (Å²) >= 11 is 0. The van der Waals surface area contributed by atoms with Gasteiger partial charge < -0.3 is 5.11 Å². The van der Waals surface area contributed by atoms with Crippen LogP contribution in [0.1, 0.15) is 30.1 Å². The summed E-state index contributed by atoms with van der Waals surface area (Å²) in [6.07, 6.45) is 0.680. The monoisotopic (exact) mass is 505 g/mol. The molecule has 190 valence electrons. The maximum Gasteiger partial charge on any atom is 0.490 e. The molecule has 1 saturated heterocycles. The van der Waals surface area contributed by atoms with E-state index in [9.17, 15) is 17.6 Å². The Hall–Kier alpha value is -3.87. The van der Waals surface area contributed by atoms with Gasteiger partial charge in [0.05, 0.1) is 11.9 Å². The van der Waals surface area contributed by atoms with Crippen LogP contribution in [0.4, 0.5) is 17.6 Å². The average molecular weight is 505 g/mol. The number of carboxylic acid groups (broad SMARTS) is 1. The minimum atomic E-state index is -5.08. The van der Waals surface area contributed by atoms with Gasteiger partial charge in [0, 0.05) is 31.3 Å². The molecular formula is C23H23F4N7O2. The van der Waals surface area contributed by atoms with Gasteiger partial charge in [-0.15, -0.1) is 10.2 Å². The number of rotatable bonds is 4. The van der Waals surface area contributed by atoms with Crippen LogP contribution < -0.4 is 0 Å². The van der Waals surface area contributed by atoms with E-state index >= 15 is 0 Å². The van der Waals surface area contributed by atoms with Crippen LogP contribution in [0, 0.1) is 5.82 Å². The van der Waals surface area contributed by atoms with Gasteiger partial charge in [-0.25, -0.2) is 9.18 Å². The predicted octanol–water partition coefficient (Wildman–Crippen LogP) is 3.68. The fourth-order valence-electron chi connectivity index (χ4n) is 3.96. The summed E-state index contributed by atoms with van der Waals surface area (Å²) in [7, 11) is 1.89. The Morgan fingerprint density at radius 3 is 2.33 bits per heavy atom. The number of aryl methyl sites for hydroxylation is 1. The number of halogens is 4. The van der Waals surface area contributed by atoms with Gasteiger partial charge in [-0.3, -0.25) is 9.58 Å². The molecule has 0 atom stereocenters. The van der Waals surface area contributed by atoms with Gasteiger partial charge in [0.1, 0.15) is 5.82 Å². The van der Waals surface area contributed by atoms with E-state index in [0.717, 1.165) is 60.8 Å². The summed E-state index contributed by atoms with van der Waals surface area (Å²) in [6.45, 7) is 2.79. The maximum atomic E-state index is 13.1. The van der Waals surface area contributed by atoms with E-state index in [2.05, 4.69) is 20.2 Å². The van der Waals surface area contributed by atoms with Crippen molar-refractivity contribution in [2.45, 2.75) is 31.5 Å². The quantitative estimate of drug-likeness (QED) is 0.422. The zero-order valence-corrected chi connectivity index (χ0v) is 19.2. The molecule has 0 radical (unpaired) electrons. The molecule has 4 heterocycles. The minimum absolute atomic E-state index is 0.190. The Bertz CT molecular complexity index is 1330. The van der Waals surface area contributed by atoms with Crippen LogP contribution in [0.2, 0.25) is 0 Å². The van der Waals surface area contributed by atoms with Crippen molar-refractivity contribution in [3.8, 4) is 11.3 Å². The number of likely N-dealkylation sites (tertiary alicyclic amines) is 1. The zero-order chi connectivity index (χ0) is 25.9. The van der Waals surface area contributed by atoms with Gasteiger partial charge in [0.25, 0.3) is 0 Å². The lowest BCUT2D eigenvalue weighted by atomic mass is 9.95. The first kappa shape index (κ1) is 25.2. The third-order valence-corrected chi connectivity index (χ3v) is 5.80. The molecule has 9 nitrogen and oxygen atoms in total. The summed E-state index contributed by atoms with van der Waals surface area (Å²) < 4.78 is 48.5. The van der Waals surface area contributed by atoms with Crippen molar-refractivity contribution in [3.05, 3.63) is 66.0 Å². The number of fused-ring (bicyclic) bond motifs is 1. The summed E-state index contributed by atoms with van der Waals surface area (Å²) in [5, 5.41) is 24.9. The highest BCUT2D eigenvalue weighted by molar-refractivity contribution is 5.73. The SMILES string of the molecule is Cn1cc(-c2ccc3nnc(C4CCN(Cc5ccc(F)cc5)CC4)n3n2)cn1.O=C(O)C(F)(F)F. The van der Waals surface area contributed by atoms with Crippen molar-refractivity contribution in [2.75, 3.05) is 13.1 Å². The Morgan fingerprint density at radius 2 is 1.75 bits per heavy atom. The number of aliphatic carboxylic acids is 1. The molecule has 1 N–H and O–H groups in total. The highest BCUT2D eigenvalue weighted by atomic mass is 19.4. The summed E-state index contributed by atoms with van der Waals surface area (Å²) in [5.41, 5.74) is 3.74. The Labute approximate surface area is 203 Å². The maximum absolute atomic E-state index is 13.1. The molecule has 0 aliphatic carbocycles. The van der Waals surface area contributed by atoms with Crippen LogP contribution >= 0.6 is 0 Å².